The highest BCUT2D eigenvalue weighted by Crippen LogP contribution is 2.19. The number of nitrogens with two attached hydrogens (primary N) is 1. The van der Waals surface area contributed by atoms with Gasteiger partial charge in [0.15, 0.2) is 0 Å². The van der Waals surface area contributed by atoms with Crippen LogP contribution in [0.15, 0.2) is 18.2 Å². The van der Waals surface area contributed by atoms with Gasteiger partial charge in [-0.1, -0.05) is 32.4 Å². The molecule has 4 heteroatoms. The molecule has 1 amide bonds. The Morgan fingerprint density at radius 1 is 1.41 bits per heavy atom. The van der Waals surface area contributed by atoms with Crippen LogP contribution in [0.1, 0.15) is 31.1 Å². The second kappa shape index (κ2) is 5.92. The first kappa shape index (κ1) is 13.8. The zero-order valence-corrected chi connectivity index (χ0v) is 11.2. The van der Waals surface area contributed by atoms with Crippen LogP contribution in [0.2, 0.25) is 5.02 Å². The summed E-state index contributed by atoms with van der Waals surface area (Å²) in [6, 6.07) is 4.91. The SMILES string of the molecule is CC(C)C(C)CNC(=O)c1ccc(Cl)c(N)c1. The molecule has 1 atom stereocenters. The van der Waals surface area contributed by atoms with Crippen LogP contribution in [-0.2, 0) is 0 Å². The Kier molecular flexibility index (Phi) is 4.82. The second-order valence-corrected chi connectivity index (χ2v) is 5.07. The van der Waals surface area contributed by atoms with E-state index in [0.29, 0.717) is 34.7 Å². The lowest BCUT2D eigenvalue weighted by Gasteiger charge is -2.16. The Balaban J connectivity index is 2.61. The molecule has 0 aliphatic rings. The fraction of sp³-hybridized carbons (Fsp3) is 0.462. The van der Waals surface area contributed by atoms with Gasteiger partial charge in [-0.25, -0.2) is 0 Å². The van der Waals surface area contributed by atoms with Gasteiger partial charge in [0.2, 0.25) is 0 Å². The first-order valence-corrected chi connectivity index (χ1v) is 6.12. The summed E-state index contributed by atoms with van der Waals surface area (Å²) in [5.74, 6) is 0.884. The fourth-order valence-electron chi connectivity index (χ4n) is 1.28. The highest BCUT2D eigenvalue weighted by atomic mass is 35.5. The molecule has 0 bridgehead atoms. The number of nitrogen functional groups attached to an aromatic ring is 1. The molecule has 0 saturated carbocycles. The van der Waals surface area contributed by atoms with Crippen LogP contribution in [0.4, 0.5) is 5.69 Å². The average molecular weight is 255 g/mol. The van der Waals surface area contributed by atoms with Crippen molar-refractivity contribution < 1.29 is 4.79 Å². The van der Waals surface area contributed by atoms with Crippen LogP contribution in [0.3, 0.4) is 0 Å². The molecule has 94 valence electrons. The summed E-state index contributed by atoms with van der Waals surface area (Å²) in [5.41, 5.74) is 6.62. The lowest BCUT2D eigenvalue weighted by atomic mass is 9.98. The third-order valence-electron chi connectivity index (χ3n) is 2.98. The zero-order valence-electron chi connectivity index (χ0n) is 10.5. The summed E-state index contributed by atoms with van der Waals surface area (Å²) >= 11 is 5.80. The van der Waals surface area contributed by atoms with Gasteiger partial charge in [-0.15, -0.1) is 0 Å². The van der Waals surface area contributed by atoms with E-state index in [-0.39, 0.29) is 5.91 Å². The van der Waals surface area contributed by atoms with Crippen LogP contribution in [-0.4, -0.2) is 12.5 Å². The number of hydrogen-bond donors (Lipinski definition) is 2. The molecule has 1 unspecified atom stereocenters. The number of halogens is 1. The number of nitrogens with one attached hydrogen (secondary N) is 1. The Bertz CT molecular complexity index is 404. The molecule has 0 aromatic heterocycles. The van der Waals surface area contributed by atoms with Gasteiger partial charge in [0.25, 0.3) is 5.91 Å². The van der Waals surface area contributed by atoms with Crippen molar-refractivity contribution in [3.63, 3.8) is 0 Å². The Hall–Kier alpha value is -1.22. The molecule has 0 heterocycles. The van der Waals surface area contributed by atoms with Crippen molar-refractivity contribution in [2.45, 2.75) is 20.8 Å². The summed E-state index contributed by atoms with van der Waals surface area (Å²) in [4.78, 5) is 11.8. The standard InChI is InChI=1S/C13H19ClN2O/c1-8(2)9(3)7-16-13(17)10-4-5-11(14)12(15)6-10/h4-6,8-9H,7,15H2,1-3H3,(H,16,17). The summed E-state index contributed by atoms with van der Waals surface area (Å²) < 4.78 is 0. The summed E-state index contributed by atoms with van der Waals surface area (Å²) in [6.45, 7) is 7.05. The molecule has 0 aliphatic carbocycles. The molecule has 1 rings (SSSR count). The Morgan fingerprint density at radius 2 is 2.06 bits per heavy atom. The smallest absolute Gasteiger partial charge is 0.251 e. The average Bonchev–Trinajstić information content (AvgIpc) is 2.28. The third-order valence-corrected chi connectivity index (χ3v) is 3.33. The normalized spacial score (nSPS) is 12.5. The van der Waals surface area contributed by atoms with E-state index >= 15 is 0 Å². The Morgan fingerprint density at radius 3 is 2.59 bits per heavy atom. The van der Waals surface area contributed by atoms with Crippen molar-refractivity contribution in [2.75, 3.05) is 12.3 Å². The van der Waals surface area contributed by atoms with Crippen LogP contribution in [0.25, 0.3) is 0 Å². The Labute approximate surface area is 107 Å². The van der Waals surface area contributed by atoms with Crippen LogP contribution < -0.4 is 11.1 Å². The minimum Gasteiger partial charge on any atom is -0.398 e. The van der Waals surface area contributed by atoms with Crippen LogP contribution in [0, 0.1) is 11.8 Å². The van der Waals surface area contributed by atoms with Gasteiger partial charge in [-0.05, 0) is 30.0 Å². The quantitative estimate of drug-likeness (QED) is 0.812. The molecule has 0 fully saturated rings. The van der Waals surface area contributed by atoms with E-state index < -0.39 is 0 Å². The van der Waals surface area contributed by atoms with Gasteiger partial charge in [-0.3, -0.25) is 4.79 Å². The van der Waals surface area contributed by atoms with E-state index in [0.717, 1.165) is 0 Å². The summed E-state index contributed by atoms with van der Waals surface area (Å²) in [6.07, 6.45) is 0. The molecule has 3 nitrogen and oxygen atoms in total. The maximum absolute atomic E-state index is 11.8. The fourth-order valence-corrected chi connectivity index (χ4v) is 1.39. The van der Waals surface area contributed by atoms with Gasteiger partial charge in [0.05, 0.1) is 10.7 Å². The predicted molar refractivity (Wildman–Crippen MR) is 72.2 cm³/mol. The molecule has 17 heavy (non-hydrogen) atoms. The van der Waals surface area contributed by atoms with Crippen molar-refractivity contribution in [3.05, 3.63) is 28.8 Å². The molecular formula is C13H19ClN2O. The van der Waals surface area contributed by atoms with Crippen molar-refractivity contribution in [2.24, 2.45) is 11.8 Å². The molecule has 0 aliphatic heterocycles. The summed E-state index contributed by atoms with van der Waals surface area (Å²) in [5, 5.41) is 3.36. The van der Waals surface area contributed by atoms with Crippen molar-refractivity contribution >= 4 is 23.2 Å². The molecule has 1 aromatic carbocycles. The van der Waals surface area contributed by atoms with Gasteiger partial charge in [-0.2, -0.15) is 0 Å². The van der Waals surface area contributed by atoms with E-state index in [1.165, 1.54) is 0 Å². The largest absolute Gasteiger partial charge is 0.398 e. The zero-order chi connectivity index (χ0) is 13.0. The third kappa shape index (κ3) is 3.93. The number of rotatable bonds is 4. The maximum Gasteiger partial charge on any atom is 0.251 e. The van der Waals surface area contributed by atoms with Crippen LogP contribution in [0.5, 0.6) is 0 Å². The minimum absolute atomic E-state index is 0.110. The number of hydrogen-bond acceptors (Lipinski definition) is 2. The highest BCUT2D eigenvalue weighted by molar-refractivity contribution is 6.33. The number of benzene rings is 1. The highest BCUT2D eigenvalue weighted by Gasteiger charge is 2.11. The molecule has 0 spiro atoms. The number of anilines is 1. The monoisotopic (exact) mass is 254 g/mol. The maximum atomic E-state index is 11.8. The topological polar surface area (TPSA) is 55.1 Å². The van der Waals surface area contributed by atoms with E-state index in [1.54, 1.807) is 18.2 Å². The van der Waals surface area contributed by atoms with Crippen molar-refractivity contribution in [1.82, 2.24) is 5.32 Å². The first-order valence-electron chi connectivity index (χ1n) is 5.75. The van der Waals surface area contributed by atoms with Gasteiger partial charge in [0, 0.05) is 12.1 Å². The molecule has 0 saturated heterocycles. The van der Waals surface area contributed by atoms with E-state index in [4.69, 9.17) is 17.3 Å². The molecule has 0 radical (unpaired) electrons. The summed E-state index contributed by atoms with van der Waals surface area (Å²) in [7, 11) is 0. The molecular weight excluding hydrogens is 236 g/mol. The van der Waals surface area contributed by atoms with E-state index in [2.05, 4.69) is 26.1 Å². The lowest BCUT2D eigenvalue weighted by molar-refractivity contribution is 0.0945. The van der Waals surface area contributed by atoms with E-state index in [9.17, 15) is 4.79 Å². The number of carbonyl (C=O) groups excluding carboxylic acids is 1. The number of carbonyl (C=O) groups is 1. The molecule has 3 N–H and O–H groups in total. The minimum atomic E-state index is -0.110. The van der Waals surface area contributed by atoms with E-state index in [1.807, 2.05) is 0 Å². The predicted octanol–water partition coefficient (Wildman–Crippen LogP) is 2.94. The first-order chi connectivity index (χ1) is 7.91. The van der Waals surface area contributed by atoms with Crippen molar-refractivity contribution in [3.8, 4) is 0 Å². The lowest BCUT2D eigenvalue weighted by Crippen LogP contribution is -2.30. The number of amides is 1. The second-order valence-electron chi connectivity index (χ2n) is 4.67. The van der Waals surface area contributed by atoms with Crippen LogP contribution >= 0.6 is 11.6 Å². The van der Waals surface area contributed by atoms with Crippen molar-refractivity contribution in [1.29, 1.82) is 0 Å². The van der Waals surface area contributed by atoms with Gasteiger partial charge in [0.1, 0.15) is 0 Å². The van der Waals surface area contributed by atoms with Gasteiger partial charge < -0.3 is 11.1 Å². The molecule has 1 aromatic rings. The van der Waals surface area contributed by atoms with Gasteiger partial charge >= 0.3 is 0 Å².